The van der Waals surface area contributed by atoms with Gasteiger partial charge in [0.25, 0.3) is 0 Å². The van der Waals surface area contributed by atoms with E-state index in [0.29, 0.717) is 0 Å². The Balaban J connectivity index is 2.36. The molecule has 2 nitrogen and oxygen atoms in total. The maximum atomic E-state index is 5.65. The van der Waals surface area contributed by atoms with Crippen molar-refractivity contribution in [3.63, 3.8) is 0 Å². The first-order valence-electron chi connectivity index (χ1n) is 5.29. The maximum Gasteiger partial charge on any atom is 0.0802 e. The van der Waals surface area contributed by atoms with Gasteiger partial charge in [-0.1, -0.05) is 29.8 Å². The van der Waals surface area contributed by atoms with E-state index in [0.717, 1.165) is 0 Å². The van der Waals surface area contributed by atoms with Crippen molar-refractivity contribution >= 4 is 11.3 Å². The Morgan fingerprint density at radius 2 is 2.00 bits per heavy atom. The second kappa shape index (κ2) is 4.78. The SMILES string of the molecule is Cc1cccc(C(NN)c2ccc(C)s2)c1. The molecule has 3 heteroatoms. The Hall–Kier alpha value is -1.16. The molecular formula is C13H16N2S. The first-order chi connectivity index (χ1) is 7.70. The van der Waals surface area contributed by atoms with Gasteiger partial charge in [-0.3, -0.25) is 5.84 Å². The van der Waals surface area contributed by atoms with Crippen molar-refractivity contribution in [1.29, 1.82) is 0 Å². The molecule has 1 unspecified atom stereocenters. The minimum Gasteiger partial charge on any atom is -0.271 e. The van der Waals surface area contributed by atoms with Crippen LogP contribution in [0.25, 0.3) is 0 Å². The zero-order valence-corrected chi connectivity index (χ0v) is 10.3. The van der Waals surface area contributed by atoms with E-state index >= 15 is 0 Å². The molecule has 0 aliphatic carbocycles. The topological polar surface area (TPSA) is 38.0 Å². The molecule has 0 amide bonds. The third-order valence-corrected chi connectivity index (χ3v) is 3.65. The molecule has 16 heavy (non-hydrogen) atoms. The molecule has 2 rings (SSSR count). The van der Waals surface area contributed by atoms with Crippen LogP contribution in [0.5, 0.6) is 0 Å². The fourth-order valence-electron chi connectivity index (χ4n) is 1.80. The van der Waals surface area contributed by atoms with Crippen LogP contribution in [0.1, 0.15) is 26.9 Å². The van der Waals surface area contributed by atoms with E-state index in [1.54, 1.807) is 11.3 Å². The number of hydrazine groups is 1. The van der Waals surface area contributed by atoms with Crippen LogP contribution < -0.4 is 11.3 Å². The number of benzene rings is 1. The van der Waals surface area contributed by atoms with Crippen LogP contribution in [0.15, 0.2) is 36.4 Å². The molecule has 1 aromatic carbocycles. The molecule has 2 aromatic rings. The highest BCUT2D eigenvalue weighted by molar-refractivity contribution is 7.12. The predicted octanol–water partition coefficient (Wildman–Crippen LogP) is 2.92. The third kappa shape index (κ3) is 2.32. The molecule has 1 heterocycles. The van der Waals surface area contributed by atoms with Crippen molar-refractivity contribution in [1.82, 2.24) is 5.43 Å². The Bertz CT molecular complexity index is 476. The normalized spacial score (nSPS) is 12.7. The lowest BCUT2D eigenvalue weighted by molar-refractivity contribution is 0.646. The van der Waals surface area contributed by atoms with Crippen molar-refractivity contribution in [3.8, 4) is 0 Å². The molecule has 0 aliphatic rings. The van der Waals surface area contributed by atoms with Crippen LogP contribution >= 0.6 is 11.3 Å². The largest absolute Gasteiger partial charge is 0.271 e. The zero-order valence-electron chi connectivity index (χ0n) is 9.53. The summed E-state index contributed by atoms with van der Waals surface area (Å²) in [5.74, 6) is 5.65. The lowest BCUT2D eigenvalue weighted by Crippen LogP contribution is -2.28. The molecule has 0 saturated heterocycles. The van der Waals surface area contributed by atoms with Gasteiger partial charge in [0.1, 0.15) is 0 Å². The second-order valence-electron chi connectivity index (χ2n) is 3.96. The molecule has 0 fully saturated rings. The van der Waals surface area contributed by atoms with Crippen molar-refractivity contribution in [3.05, 3.63) is 57.3 Å². The van der Waals surface area contributed by atoms with E-state index < -0.39 is 0 Å². The molecule has 0 saturated carbocycles. The molecule has 3 N–H and O–H groups in total. The van der Waals surface area contributed by atoms with Gasteiger partial charge in [0, 0.05) is 9.75 Å². The van der Waals surface area contributed by atoms with Crippen molar-refractivity contribution in [2.75, 3.05) is 0 Å². The van der Waals surface area contributed by atoms with E-state index in [9.17, 15) is 0 Å². The summed E-state index contributed by atoms with van der Waals surface area (Å²) in [5, 5.41) is 0. The molecule has 0 radical (unpaired) electrons. The van der Waals surface area contributed by atoms with Crippen molar-refractivity contribution in [2.24, 2.45) is 5.84 Å². The van der Waals surface area contributed by atoms with Crippen LogP contribution in [-0.2, 0) is 0 Å². The summed E-state index contributed by atoms with van der Waals surface area (Å²) in [7, 11) is 0. The molecule has 1 atom stereocenters. The number of hydrogen-bond acceptors (Lipinski definition) is 3. The first kappa shape index (κ1) is 11.3. The summed E-state index contributed by atoms with van der Waals surface area (Å²) in [6.45, 7) is 4.20. The van der Waals surface area contributed by atoms with Gasteiger partial charge in [0.2, 0.25) is 0 Å². The summed E-state index contributed by atoms with van der Waals surface area (Å²) in [5.41, 5.74) is 5.35. The average molecular weight is 232 g/mol. The Kier molecular flexibility index (Phi) is 3.39. The van der Waals surface area contributed by atoms with Gasteiger partial charge in [-0.2, -0.15) is 0 Å². The number of nitrogens with one attached hydrogen (secondary N) is 1. The molecule has 1 aromatic heterocycles. The average Bonchev–Trinajstić information content (AvgIpc) is 2.66. The Labute approximate surface area is 100 Å². The molecule has 0 bridgehead atoms. The Morgan fingerprint density at radius 3 is 2.56 bits per heavy atom. The minimum atomic E-state index is 0.0959. The molecular weight excluding hydrogens is 216 g/mol. The quantitative estimate of drug-likeness (QED) is 0.631. The fraction of sp³-hybridized carbons (Fsp3) is 0.231. The highest BCUT2D eigenvalue weighted by Gasteiger charge is 2.13. The van der Waals surface area contributed by atoms with Crippen LogP contribution in [0, 0.1) is 13.8 Å². The first-order valence-corrected chi connectivity index (χ1v) is 6.11. The smallest absolute Gasteiger partial charge is 0.0802 e. The lowest BCUT2D eigenvalue weighted by Gasteiger charge is -2.15. The van der Waals surface area contributed by atoms with Gasteiger partial charge in [-0.15, -0.1) is 11.3 Å². The highest BCUT2D eigenvalue weighted by atomic mass is 32.1. The number of thiophene rings is 1. The van der Waals surface area contributed by atoms with E-state index in [1.165, 1.54) is 20.9 Å². The summed E-state index contributed by atoms with van der Waals surface area (Å²) >= 11 is 1.78. The summed E-state index contributed by atoms with van der Waals surface area (Å²) in [4.78, 5) is 2.56. The highest BCUT2D eigenvalue weighted by Crippen LogP contribution is 2.27. The number of hydrogen-bond donors (Lipinski definition) is 2. The van der Waals surface area contributed by atoms with Gasteiger partial charge in [-0.25, -0.2) is 5.43 Å². The number of rotatable bonds is 3. The summed E-state index contributed by atoms with van der Waals surface area (Å²) < 4.78 is 0. The van der Waals surface area contributed by atoms with Crippen LogP contribution in [-0.4, -0.2) is 0 Å². The van der Waals surface area contributed by atoms with Crippen LogP contribution in [0.3, 0.4) is 0 Å². The van der Waals surface area contributed by atoms with E-state index in [-0.39, 0.29) is 6.04 Å². The lowest BCUT2D eigenvalue weighted by atomic mass is 10.0. The third-order valence-electron chi connectivity index (χ3n) is 2.59. The minimum absolute atomic E-state index is 0.0959. The number of aryl methyl sites for hydroxylation is 2. The Morgan fingerprint density at radius 1 is 1.19 bits per heavy atom. The van der Waals surface area contributed by atoms with E-state index in [4.69, 9.17) is 5.84 Å². The van der Waals surface area contributed by atoms with E-state index in [1.807, 2.05) is 0 Å². The number of nitrogens with two attached hydrogens (primary N) is 1. The molecule has 84 valence electrons. The fourth-order valence-corrected chi connectivity index (χ4v) is 2.77. The van der Waals surface area contributed by atoms with Gasteiger partial charge in [-0.05, 0) is 31.5 Å². The van der Waals surface area contributed by atoms with Gasteiger partial charge >= 0.3 is 0 Å². The van der Waals surface area contributed by atoms with Gasteiger partial charge < -0.3 is 0 Å². The zero-order chi connectivity index (χ0) is 11.5. The predicted molar refractivity (Wildman–Crippen MR) is 69.4 cm³/mol. The molecule has 0 aliphatic heterocycles. The van der Waals surface area contributed by atoms with Gasteiger partial charge in [0.15, 0.2) is 0 Å². The second-order valence-corrected chi connectivity index (χ2v) is 5.28. The standard InChI is InChI=1S/C13H16N2S/c1-9-4-3-5-11(8-9)13(15-14)12-7-6-10(2)16-12/h3-8,13,15H,14H2,1-2H3. The molecule has 0 spiro atoms. The van der Waals surface area contributed by atoms with Crippen LogP contribution in [0.4, 0.5) is 0 Å². The van der Waals surface area contributed by atoms with E-state index in [2.05, 4.69) is 55.7 Å². The monoisotopic (exact) mass is 232 g/mol. The summed E-state index contributed by atoms with van der Waals surface area (Å²) in [6, 6.07) is 12.8. The summed E-state index contributed by atoms with van der Waals surface area (Å²) in [6.07, 6.45) is 0. The van der Waals surface area contributed by atoms with Crippen molar-refractivity contribution in [2.45, 2.75) is 19.9 Å². The maximum absolute atomic E-state index is 5.65. The van der Waals surface area contributed by atoms with Crippen LogP contribution in [0.2, 0.25) is 0 Å². The van der Waals surface area contributed by atoms with Gasteiger partial charge in [0.05, 0.1) is 6.04 Å². The van der Waals surface area contributed by atoms with Crippen molar-refractivity contribution < 1.29 is 0 Å².